The van der Waals surface area contributed by atoms with Gasteiger partial charge in [-0.2, -0.15) is 0 Å². The Morgan fingerprint density at radius 1 is 1.23 bits per heavy atom. The summed E-state index contributed by atoms with van der Waals surface area (Å²) in [6.45, 7) is 10.6. The normalized spacial score (nSPS) is 19.1. The molecule has 1 aromatic rings. The molecule has 1 N–H and O–H groups in total. The highest BCUT2D eigenvalue weighted by molar-refractivity contribution is 7.55. The molecule has 0 spiro atoms. The lowest BCUT2D eigenvalue weighted by Crippen LogP contribution is -2.50. The van der Waals surface area contributed by atoms with Gasteiger partial charge in [0, 0.05) is 24.2 Å². The van der Waals surface area contributed by atoms with Crippen molar-refractivity contribution < 1.29 is 18.4 Å². The average Bonchev–Trinajstić information content (AvgIpc) is 2.68. The van der Waals surface area contributed by atoms with Crippen LogP contribution in [0.15, 0.2) is 24.3 Å². The van der Waals surface area contributed by atoms with E-state index in [2.05, 4.69) is 10.2 Å². The van der Waals surface area contributed by atoms with Crippen LogP contribution in [-0.4, -0.2) is 48.8 Å². The molecule has 0 aromatic heterocycles. The number of hydrogen-bond donors (Lipinski definition) is 1. The Bertz CT molecular complexity index is 704. The predicted octanol–water partition coefficient (Wildman–Crippen LogP) is 5.10. The zero-order valence-corrected chi connectivity index (χ0v) is 20.3. The van der Waals surface area contributed by atoms with E-state index in [1.54, 1.807) is 13.8 Å². The van der Waals surface area contributed by atoms with Crippen LogP contribution in [0.4, 0.5) is 0 Å². The van der Waals surface area contributed by atoms with E-state index in [4.69, 9.17) is 20.6 Å². The highest BCUT2D eigenvalue weighted by atomic mass is 35.5. The van der Waals surface area contributed by atoms with Gasteiger partial charge in [-0.3, -0.25) is 14.3 Å². The summed E-state index contributed by atoms with van der Waals surface area (Å²) in [5.74, 6) is -0.0324. The molecule has 1 fully saturated rings. The zero-order chi connectivity index (χ0) is 22.1. The molecule has 0 bridgehead atoms. The fourth-order valence-corrected chi connectivity index (χ4v) is 6.19. The van der Waals surface area contributed by atoms with Crippen molar-refractivity contribution in [3.05, 3.63) is 34.9 Å². The van der Waals surface area contributed by atoms with Crippen molar-refractivity contribution >= 4 is 25.1 Å². The third-order valence-electron chi connectivity index (χ3n) is 5.17. The molecule has 1 heterocycles. The molecular formula is C22H36ClN2O4P. The van der Waals surface area contributed by atoms with Gasteiger partial charge in [0.05, 0.1) is 13.2 Å². The highest BCUT2D eigenvalue weighted by Gasteiger charge is 2.42. The summed E-state index contributed by atoms with van der Waals surface area (Å²) in [5.41, 5.74) is 0.408. The molecule has 30 heavy (non-hydrogen) atoms. The fraction of sp³-hybridized carbons (Fsp3) is 0.682. The SMILES string of the molecule is CCOP(=O)(OCC)C(CC(C)C)C(=O)N[C@H]1CCCN(Cc2ccc(Cl)cc2)C1. The second-order valence-electron chi connectivity index (χ2n) is 8.23. The Morgan fingerprint density at radius 2 is 1.87 bits per heavy atom. The van der Waals surface area contributed by atoms with Crippen LogP contribution in [-0.2, 0) is 25.0 Å². The maximum Gasteiger partial charge on any atom is 0.343 e. The molecule has 1 aromatic carbocycles. The number of benzene rings is 1. The maximum atomic E-state index is 13.3. The van der Waals surface area contributed by atoms with Crippen molar-refractivity contribution in [1.82, 2.24) is 10.2 Å². The number of hydrogen-bond acceptors (Lipinski definition) is 5. The Morgan fingerprint density at radius 3 is 2.43 bits per heavy atom. The van der Waals surface area contributed by atoms with Crippen LogP contribution in [0, 0.1) is 5.92 Å². The summed E-state index contributed by atoms with van der Waals surface area (Å²) in [5, 5.41) is 3.87. The molecule has 0 radical (unpaired) electrons. The molecule has 2 atom stereocenters. The lowest BCUT2D eigenvalue weighted by molar-refractivity contribution is -0.122. The minimum atomic E-state index is -3.52. The van der Waals surface area contributed by atoms with Crippen LogP contribution >= 0.6 is 19.2 Å². The Labute approximate surface area is 186 Å². The van der Waals surface area contributed by atoms with Gasteiger partial charge >= 0.3 is 7.60 Å². The summed E-state index contributed by atoms with van der Waals surface area (Å²) in [4.78, 5) is 15.5. The highest BCUT2D eigenvalue weighted by Crippen LogP contribution is 2.55. The first kappa shape index (κ1) is 25.4. The van der Waals surface area contributed by atoms with Crippen molar-refractivity contribution in [3.8, 4) is 0 Å². The second-order valence-corrected chi connectivity index (χ2v) is 10.9. The first-order chi connectivity index (χ1) is 14.3. The smallest absolute Gasteiger partial charge is 0.343 e. The average molecular weight is 459 g/mol. The van der Waals surface area contributed by atoms with E-state index < -0.39 is 13.3 Å². The summed E-state index contributed by atoms with van der Waals surface area (Å²) < 4.78 is 24.3. The molecule has 0 saturated carbocycles. The summed E-state index contributed by atoms with van der Waals surface area (Å²) in [6, 6.07) is 7.88. The first-order valence-electron chi connectivity index (χ1n) is 10.9. The lowest BCUT2D eigenvalue weighted by atomic mass is 10.0. The number of halogens is 1. The molecule has 170 valence electrons. The molecule has 2 rings (SSSR count). The molecular weight excluding hydrogens is 423 g/mol. The van der Waals surface area contributed by atoms with Crippen molar-refractivity contribution in [2.75, 3.05) is 26.3 Å². The Hall–Kier alpha value is -0.910. The van der Waals surface area contributed by atoms with Gasteiger partial charge in [-0.05, 0) is 63.3 Å². The zero-order valence-electron chi connectivity index (χ0n) is 18.6. The minimum Gasteiger partial charge on any atom is -0.351 e. The van der Waals surface area contributed by atoms with Crippen molar-refractivity contribution in [1.29, 1.82) is 0 Å². The van der Waals surface area contributed by atoms with Gasteiger partial charge in [-0.15, -0.1) is 0 Å². The van der Waals surface area contributed by atoms with Crippen molar-refractivity contribution in [2.45, 2.75) is 65.2 Å². The molecule has 1 aliphatic rings. The van der Waals surface area contributed by atoms with Crippen LogP contribution in [0.1, 0.15) is 52.5 Å². The molecule has 1 saturated heterocycles. The standard InChI is InChI=1S/C22H36ClN2O4P/c1-5-28-30(27,29-6-2)21(14-17(3)4)22(26)24-20-8-7-13-25(16-20)15-18-9-11-19(23)12-10-18/h9-12,17,20-21H,5-8,13-16H2,1-4H3,(H,24,26)/t20-,21?/m0/s1. The number of nitrogens with zero attached hydrogens (tertiary/aromatic N) is 1. The minimum absolute atomic E-state index is 0.0184. The van der Waals surface area contributed by atoms with Crippen LogP contribution in [0.5, 0.6) is 0 Å². The summed E-state index contributed by atoms with van der Waals surface area (Å²) in [6.07, 6.45) is 2.37. The van der Waals surface area contributed by atoms with Gasteiger partial charge in [0.15, 0.2) is 0 Å². The van der Waals surface area contributed by atoms with E-state index in [1.165, 1.54) is 5.56 Å². The monoisotopic (exact) mass is 458 g/mol. The van der Waals surface area contributed by atoms with Crippen LogP contribution < -0.4 is 5.32 Å². The molecule has 1 unspecified atom stereocenters. The quantitative estimate of drug-likeness (QED) is 0.467. The number of piperidine rings is 1. The van der Waals surface area contributed by atoms with E-state index >= 15 is 0 Å². The molecule has 1 amide bonds. The summed E-state index contributed by atoms with van der Waals surface area (Å²) in [7, 11) is -3.52. The number of carbonyl (C=O) groups is 1. The number of likely N-dealkylation sites (tertiary alicyclic amines) is 1. The van der Waals surface area contributed by atoms with Crippen molar-refractivity contribution in [3.63, 3.8) is 0 Å². The van der Waals surface area contributed by atoms with E-state index in [1.807, 2.05) is 38.1 Å². The fourth-order valence-electron chi connectivity index (χ4n) is 3.87. The first-order valence-corrected chi connectivity index (χ1v) is 12.9. The Balaban J connectivity index is 2.04. The molecule has 1 aliphatic heterocycles. The molecule has 0 aliphatic carbocycles. The number of nitrogens with one attached hydrogen (secondary N) is 1. The van der Waals surface area contributed by atoms with E-state index in [0.717, 1.165) is 37.5 Å². The van der Waals surface area contributed by atoms with E-state index in [0.29, 0.717) is 6.42 Å². The van der Waals surface area contributed by atoms with Crippen LogP contribution in [0.25, 0.3) is 0 Å². The summed E-state index contributed by atoms with van der Waals surface area (Å²) >= 11 is 5.98. The van der Waals surface area contributed by atoms with Gasteiger partial charge in [0.25, 0.3) is 0 Å². The number of rotatable bonds is 11. The van der Waals surface area contributed by atoms with Gasteiger partial charge < -0.3 is 14.4 Å². The number of amides is 1. The van der Waals surface area contributed by atoms with Gasteiger partial charge in [0.2, 0.25) is 5.91 Å². The second kappa shape index (κ2) is 12.2. The van der Waals surface area contributed by atoms with Gasteiger partial charge in [-0.25, -0.2) is 0 Å². The number of carbonyl (C=O) groups excluding carboxylic acids is 1. The van der Waals surface area contributed by atoms with Crippen molar-refractivity contribution in [2.24, 2.45) is 5.92 Å². The van der Waals surface area contributed by atoms with E-state index in [-0.39, 0.29) is 31.1 Å². The lowest BCUT2D eigenvalue weighted by Gasteiger charge is -2.35. The van der Waals surface area contributed by atoms with Crippen LogP contribution in [0.2, 0.25) is 5.02 Å². The Kier molecular flexibility index (Phi) is 10.3. The van der Waals surface area contributed by atoms with Gasteiger partial charge in [0.1, 0.15) is 5.66 Å². The predicted molar refractivity (Wildman–Crippen MR) is 122 cm³/mol. The topological polar surface area (TPSA) is 67.9 Å². The molecule has 6 nitrogen and oxygen atoms in total. The largest absolute Gasteiger partial charge is 0.351 e. The molecule has 8 heteroatoms. The van der Waals surface area contributed by atoms with E-state index in [9.17, 15) is 9.36 Å². The maximum absolute atomic E-state index is 13.3. The third-order valence-corrected chi connectivity index (χ3v) is 7.87. The van der Waals surface area contributed by atoms with Gasteiger partial charge in [-0.1, -0.05) is 37.6 Å². The van der Waals surface area contributed by atoms with Crippen LogP contribution in [0.3, 0.4) is 0 Å². The third kappa shape index (κ3) is 7.65.